The summed E-state index contributed by atoms with van der Waals surface area (Å²) in [6, 6.07) is 0. The molecule has 1 spiro atoms. The van der Waals surface area contributed by atoms with Crippen LogP contribution >= 0.6 is 15.9 Å². The Balaban J connectivity index is 1.98. The Labute approximate surface area is 157 Å². The molecule has 0 atom stereocenters. The Kier molecular flexibility index (Phi) is 4.93. The topological polar surface area (TPSA) is 59.5 Å². The van der Waals surface area contributed by atoms with Gasteiger partial charge in [0.05, 0.1) is 33.2 Å². The molecule has 0 bridgehead atoms. The molecular weight excluding hydrogens is 384 g/mol. The van der Waals surface area contributed by atoms with E-state index in [0.29, 0.717) is 16.7 Å². The van der Waals surface area contributed by atoms with E-state index in [9.17, 15) is 9.59 Å². The first-order valence-corrected chi connectivity index (χ1v) is 9.70. The number of ether oxygens (including phenoxy) is 1. The number of esters is 1. The summed E-state index contributed by atoms with van der Waals surface area (Å²) in [5, 5.41) is 0. The lowest BCUT2D eigenvalue weighted by Gasteiger charge is -2.36. The lowest BCUT2D eigenvalue weighted by atomic mass is 9.92. The van der Waals surface area contributed by atoms with E-state index < -0.39 is 11.8 Å². The molecule has 1 aromatic heterocycles. The third kappa shape index (κ3) is 3.59. The number of halogens is 1. The number of carbonyl (C=O) groups excluding carboxylic acids is 2. The highest BCUT2D eigenvalue weighted by molar-refractivity contribution is 9.10. The normalized spacial score (nSPS) is 18.6. The van der Waals surface area contributed by atoms with Gasteiger partial charge in [0, 0.05) is 13.1 Å². The summed E-state index contributed by atoms with van der Waals surface area (Å²) in [7, 11) is 0. The minimum atomic E-state index is -0.812. The molecule has 2 aliphatic rings. The molecule has 2 fully saturated rings. The van der Waals surface area contributed by atoms with Gasteiger partial charge in [-0.15, -0.1) is 0 Å². The van der Waals surface area contributed by atoms with E-state index in [0.717, 1.165) is 41.8 Å². The van der Waals surface area contributed by atoms with Gasteiger partial charge < -0.3 is 9.64 Å². The summed E-state index contributed by atoms with van der Waals surface area (Å²) in [6.07, 6.45) is 4.60. The van der Waals surface area contributed by atoms with Crippen LogP contribution in [0.25, 0.3) is 0 Å². The van der Waals surface area contributed by atoms with E-state index in [2.05, 4.69) is 25.8 Å². The number of nitrogens with zero attached hydrogens (tertiary/aromatic N) is 2. The van der Waals surface area contributed by atoms with Gasteiger partial charge in [-0.05, 0) is 74.7 Å². The number of ketones is 1. The van der Waals surface area contributed by atoms with Crippen molar-refractivity contribution >= 4 is 33.4 Å². The number of hydrogen-bond acceptors (Lipinski definition) is 5. The van der Waals surface area contributed by atoms with Crippen LogP contribution in [0, 0.1) is 19.3 Å². The fourth-order valence-electron chi connectivity index (χ4n) is 3.63. The van der Waals surface area contributed by atoms with Crippen molar-refractivity contribution in [2.24, 2.45) is 5.41 Å². The first-order valence-electron chi connectivity index (χ1n) is 8.91. The molecule has 0 unspecified atom stereocenters. The fraction of sp³-hybridized carbons (Fsp3) is 0.632. The van der Waals surface area contributed by atoms with Crippen LogP contribution in [0.1, 0.15) is 61.3 Å². The van der Waals surface area contributed by atoms with Gasteiger partial charge in [-0.2, -0.15) is 0 Å². The summed E-state index contributed by atoms with van der Waals surface area (Å²) in [4.78, 5) is 31.7. The standard InChI is InChI=1S/C19H25BrN2O3/c1-11(2)25-18(24)17(23)14-12(3)21-13(4)15(20)16(14)22-9-7-19(5-6-19)8-10-22/h11H,5-10H2,1-4H3. The number of aromatic nitrogens is 1. The lowest BCUT2D eigenvalue weighted by molar-refractivity contribution is -0.141. The quantitative estimate of drug-likeness (QED) is 0.428. The molecule has 1 aromatic rings. The third-order valence-corrected chi connectivity index (χ3v) is 6.26. The third-order valence-electron chi connectivity index (χ3n) is 5.31. The number of piperidine rings is 1. The smallest absolute Gasteiger partial charge is 0.380 e. The van der Waals surface area contributed by atoms with E-state index in [1.54, 1.807) is 20.8 Å². The average molecular weight is 409 g/mol. The monoisotopic (exact) mass is 408 g/mol. The number of rotatable bonds is 4. The highest BCUT2D eigenvalue weighted by Gasteiger charge is 2.45. The summed E-state index contributed by atoms with van der Waals surface area (Å²) >= 11 is 3.60. The summed E-state index contributed by atoms with van der Waals surface area (Å²) in [6.45, 7) is 8.98. The number of Topliss-reactive ketones (excluding diaryl/α,β-unsaturated/α-hetero) is 1. The molecule has 1 aliphatic heterocycles. The first-order chi connectivity index (χ1) is 11.7. The Bertz CT molecular complexity index is 716. The Morgan fingerprint density at radius 2 is 1.72 bits per heavy atom. The van der Waals surface area contributed by atoms with Crippen molar-refractivity contribution in [1.82, 2.24) is 4.98 Å². The van der Waals surface area contributed by atoms with E-state index >= 15 is 0 Å². The second-order valence-corrected chi connectivity index (χ2v) is 8.38. The van der Waals surface area contributed by atoms with Crippen LogP contribution in [-0.2, 0) is 9.53 Å². The lowest BCUT2D eigenvalue weighted by Crippen LogP contribution is -2.36. The predicted molar refractivity (Wildman–Crippen MR) is 100 cm³/mol. The number of pyridine rings is 1. The molecular formula is C19H25BrN2O3. The molecule has 1 saturated carbocycles. The molecule has 25 heavy (non-hydrogen) atoms. The zero-order valence-electron chi connectivity index (χ0n) is 15.3. The van der Waals surface area contributed by atoms with E-state index in [1.807, 2.05) is 6.92 Å². The van der Waals surface area contributed by atoms with Crippen LogP contribution in [0.3, 0.4) is 0 Å². The number of aryl methyl sites for hydroxylation is 2. The Morgan fingerprint density at radius 1 is 1.12 bits per heavy atom. The van der Waals surface area contributed by atoms with Gasteiger partial charge in [0.25, 0.3) is 5.78 Å². The largest absolute Gasteiger partial charge is 0.457 e. The van der Waals surface area contributed by atoms with Gasteiger partial charge in [0.2, 0.25) is 0 Å². The van der Waals surface area contributed by atoms with E-state index in [1.165, 1.54) is 12.8 Å². The second-order valence-electron chi connectivity index (χ2n) is 7.59. The van der Waals surface area contributed by atoms with Crippen LogP contribution in [-0.4, -0.2) is 35.9 Å². The molecule has 6 heteroatoms. The van der Waals surface area contributed by atoms with Crippen molar-refractivity contribution in [3.8, 4) is 0 Å². The van der Waals surface area contributed by atoms with Gasteiger partial charge in [0.15, 0.2) is 0 Å². The molecule has 0 N–H and O–H groups in total. The average Bonchev–Trinajstić information content (AvgIpc) is 3.29. The maximum atomic E-state index is 12.8. The zero-order chi connectivity index (χ0) is 18.4. The molecule has 5 nitrogen and oxygen atoms in total. The number of hydrogen-bond donors (Lipinski definition) is 0. The van der Waals surface area contributed by atoms with Crippen molar-refractivity contribution in [1.29, 1.82) is 0 Å². The van der Waals surface area contributed by atoms with Gasteiger partial charge in [-0.3, -0.25) is 9.78 Å². The maximum Gasteiger partial charge on any atom is 0.380 e. The predicted octanol–water partition coefficient (Wildman–Crippen LogP) is 3.98. The van der Waals surface area contributed by atoms with Crippen LogP contribution in [0.5, 0.6) is 0 Å². The Morgan fingerprint density at radius 3 is 2.24 bits per heavy atom. The highest BCUT2D eigenvalue weighted by atomic mass is 79.9. The molecule has 0 aromatic carbocycles. The van der Waals surface area contributed by atoms with Crippen LogP contribution in [0.15, 0.2) is 4.47 Å². The van der Waals surface area contributed by atoms with Crippen molar-refractivity contribution < 1.29 is 14.3 Å². The minimum absolute atomic E-state index is 0.327. The maximum absolute atomic E-state index is 12.8. The molecule has 2 heterocycles. The summed E-state index contributed by atoms with van der Waals surface area (Å²) in [5.41, 5.74) is 3.11. The van der Waals surface area contributed by atoms with E-state index in [4.69, 9.17) is 4.74 Å². The number of anilines is 1. The van der Waals surface area contributed by atoms with Gasteiger partial charge >= 0.3 is 5.97 Å². The summed E-state index contributed by atoms with van der Waals surface area (Å²) in [5.74, 6) is -1.42. The van der Waals surface area contributed by atoms with Crippen molar-refractivity contribution in [2.75, 3.05) is 18.0 Å². The van der Waals surface area contributed by atoms with Crippen molar-refractivity contribution in [2.45, 2.75) is 59.5 Å². The SMILES string of the molecule is Cc1nc(C)c(C(=O)C(=O)OC(C)C)c(N2CCC3(CC2)CC3)c1Br. The molecule has 1 saturated heterocycles. The number of carbonyl (C=O) groups is 2. The molecule has 0 amide bonds. The zero-order valence-corrected chi connectivity index (χ0v) is 16.9. The van der Waals surface area contributed by atoms with Crippen LogP contribution < -0.4 is 4.90 Å². The fourth-order valence-corrected chi connectivity index (χ4v) is 4.17. The molecule has 1 aliphatic carbocycles. The molecule has 0 radical (unpaired) electrons. The van der Waals surface area contributed by atoms with Gasteiger partial charge in [0.1, 0.15) is 0 Å². The first kappa shape index (κ1) is 18.4. The van der Waals surface area contributed by atoms with Crippen molar-refractivity contribution in [3.05, 3.63) is 21.4 Å². The van der Waals surface area contributed by atoms with Gasteiger partial charge in [-0.1, -0.05) is 0 Å². The Hall–Kier alpha value is -1.43. The second kappa shape index (κ2) is 6.71. The van der Waals surface area contributed by atoms with Crippen molar-refractivity contribution in [3.63, 3.8) is 0 Å². The van der Waals surface area contributed by atoms with Gasteiger partial charge in [-0.25, -0.2) is 4.79 Å². The minimum Gasteiger partial charge on any atom is -0.457 e. The highest BCUT2D eigenvalue weighted by Crippen LogP contribution is 2.54. The van der Waals surface area contributed by atoms with Crippen LogP contribution in [0.2, 0.25) is 0 Å². The van der Waals surface area contributed by atoms with E-state index in [-0.39, 0.29) is 6.10 Å². The molecule has 136 valence electrons. The summed E-state index contributed by atoms with van der Waals surface area (Å²) < 4.78 is 5.92. The molecule has 3 rings (SSSR count). The van der Waals surface area contributed by atoms with Crippen LogP contribution in [0.4, 0.5) is 5.69 Å².